The second-order valence-corrected chi connectivity index (χ2v) is 8.01. The third-order valence-electron chi connectivity index (χ3n) is 5.89. The minimum Gasteiger partial charge on any atom is -0.496 e. The molecule has 6 rings (SSSR count). The van der Waals surface area contributed by atoms with Crippen molar-refractivity contribution >= 4 is 44.5 Å². The number of nitrogens with zero attached hydrogens (tertiary/aromatic N) is 4. The minimum absolute atomic E-state index is 0.648. The first-order chi connectivity index (χ1) is 16.0. The average molecular weight is 439 g/mol. The van der Waals surface area contributed by atoms with Crippen LogP contribution in [0.15, 0.2) is 40.9 Å². The number of aromatic amines is 2. The highest BCUT2D eigenvalue weighted by Crippen LogP contribution is 2.41. The standard InChI is InChI=1S/C24H21N7O2/c1-11-20(12(2)33-31-11)16-9-18-15(10-19(16)32-4)21-23(27-18)25-13(3)26-24(21)28-22-14-7-5-6-8-17(14)29-30-22/h5-10H,1-4H3,(H3,25,26,27,28,29,30). The number of hydrogen-bond donors (Lipinski definition) is 3. The monoisotopic (exact) mass is 439 g/mol. The van der Waals surface area contributed by atoms with Crippen LogP contribution in [0.1, 0.15) is 17.3 Å². The lowest BCUT2D eigenvalue weighted by Crippen LogP contribution is -1.99. The Kier molecular flexibility index (Phi) is 4.13. The molecule has 0 saturated heterocycles. The summed E-state index contributed by atoms with van der Waals surface area (Å²) >= 11 is 0. The molecule has 4 aromatic heterocycles. The van der Waals surface area contributed by atoms with Gasteiger partial charge < -0.3 is 19.6 Å². The number of fused-ring (bicyclic) bond motifs is 4. The van der Waals surface area contributed by atoms with E-state index in [0.717, 1.165) is 61.2 Å². The van der Waals surface area contributed by atoms with E-state index in [2.05, 4.69) is 30.6 Å². The van der Waals surface area contributed by atoms with Crippen molar-refractivity contribution in [3.05, 3.63) is 53.7 Å². The normalized spacial score (nSPS) is 11.6. The number of aromatic nitrogens is 6. The lowest BCUT2D eigenvalue weighted by atomic mass is 10.0. The molecule has 4 heterocycles. The smallest absolute Gasteiger partial charge is 0.161 e. The molecule has 0 fully saturated rings. The van der Waals surface area contributed by atoms with Gasteiger partial charge in [0, 0.05) is 21.9 Å². The molecule has 33 heavy (non-hydrogen) atoms. The van der Waals surface area contributed by atoms with E-state index >= 15 is 0 Å². The molecule has 0 aliphatic rings. The van der Waals surface area contributed by atoms with Crippen molar-refractivity contribution in [2.45, 2.75) is 20.8 Å². The Hall–Kier alpha value is -4.40. The molecule has 0 bridgehead atoms. The molecule has 0 radical (unpaired) electrons. The molecule has 2 aromatic carbocycles. The van der Waals surface area contributed by atoms with E-state index in [1.807, 2.05) is 57.2 Å². The van der Waals surface area contributed by atoms with E-state index < -0.39 is 0 Å². The number of benzene rings is 2. The van der Waals surface area contributed by atoms with Gasteiger partial charge in [0.1, 0.15) is 28.8 Å². The summed E-state index contributed by atoms with van der Waals surface area (Å²) in [6.45, 7) is 5.69. The minimum atomic E-state index is 0.648. The SMILES string of the molecule is COc1cc2c(cc1-c1c(C)noc1C)[nH]c1nc(C)nc(Nc3n[nH]c4ccccc34)c12. The first-order valence-electron chi connectivity index (χ1n) is 10.5. The zero-order valence-electron chi connectivity index (χ0n) is 18.6. The number of aryl methyl sites for hydroxylation is 3. The Bertz CT molecular complexity index is 1660. The zero-order chi connectivity index (χ0) is 22.7. The predicted octanol–water partition coefficient (Wildman–Crippen LogP) is 5.32. The summed E-state index contributed by atoms with van der Waals surface area (Å²) in [6, 6.07) is 12.0. The first-order valence-corrected chi connectivity index (χ1v) is 10.5. The highest BCUT2D eigenvalue weighted by atomic mass is 16.5. The van der Waals surface area contributed by atoms with Gasteiger partial charge in [-0.15, -0.1) is 0 Å². The molecule has 9 heteroatoms. The molecule has 9 nitrogen and oxygen atoms in total. The first kappa shape index (κ1) is 19.3. The molecule has 0 atom stereocenters. The summed E-state index contributed by atoms with van der Waals surface area (Å²) in [7, 11) is 1.66. The molecular weight excluding hydrogens is 418 g/mol. The Labute approximate surface area is 188 Å². The van der Waals surface area contributed by atoms with E-state index in [4.69, 9.17) is 14.2 Å². The molecule has 0 saturated carbocycles. The van der Waals surface area contributed by atoms with E-state index in [-0.39, 0.29) is 0 Å². The molecule has 3 N–H and O–H groups in total. The summed E-state index contributed by atoms with van der Waals surface area (Å²) in [5, 5.41) is 17.8. The summed E-state index contributed by atoms with van der Waals surface area (Å²) in [5.74, 6) is 3.49. The van der Waals surface area contributed by atoms with Gasteiger partial charge in [-0.3, -0.25) is 5.10 Å². The Balaban J connectivity index is 1.59. The maximum atomic E-state index is 5.77. The molecule has 0 aliphatic heterocycles. The van der Waals surface area contributed by atoms with Crippen LogP contribution in [0.3, 0.4) is 0 Å². The zero-order valence-corrected chi connectivity index (χ0v) is 18.6. The number of para-hydroxylation sites is 1. The number of rotatable bonds is 4. The summed E-state index contributed by atoms with van der Waals surface area (Å²) in [6.07, 6.45) is 0. The van der Waals surface area contributed by atoms with E-state index in [0.29, 0.717) is 17.5 Å². The number of methoxy groups -OCH3 is 1. The molecule has 6 aromatic rings. The van der Waals surface area contributed by atoms with Gasteiger partial charge in [0.15, 0.2) is 5.82 Å². The van der Waals surface area contributed by atoms with Crippen LogP contribution in [-0.2, 0) is 0 Å². The van der Waals surface area contributed by atoms with Crippen molar-refractivity contribution in [2.24, 2.45) is 0 Å². The van der Waals surface area contributed by atoms with Gasteiger partial charge in [-0.2, -0.15) is 5.10 Å². The molecule has 0 amide bonds. The molecule has 0 aliphatic carbocycles. The summed E-state index contributed by atoms with van der Waals surface area (Å²) in [5.41, 5.74) is 5.24. The van der Waals surface area contributed by atoms with Crippen LogP contribution in [0, 0.1) is 20.8 Å². The van der Waals surface area contributed by atoms with Crippen LogP contribution < -0.4 is 10.1 Å². The second kappa shape index (κ2) is 7.06. The van der Waals surface area contributed by atoms with Crippen LogP contribution in [0.2, 0.25) is 0 Å². The summed E-state index contributed by atoms with van der Waals surface area (Å²) < 4.78 is 11.2. The molecule has 0 unspecified atom stereocenters. The largest absolute Gasteiger partial charge is 0.496 e. The van der Waals surface area contributed by atoms with Crippen LogP contribution in [0.25, 0.3) is 44.0 Å². The van der Waals surface area contributed by atoms with Crippen molar-refractivity contribution in [1.29, 1.82) is 0 Å². The predicted molar refractivity (Wildman–Crippen MR) is 127 cm³/mol. The van der Waals surface area contributed by atoms with Gasteiger partial charge in [0.05, 0.1) is 29.3 Å². The maximum Gasteiger partial charge on any atom is 0.161 e. The van der Waals surface area contributed by atoms with Gasteiger partial charge in [-0.1, -0.05) is 17.3 Å². The maximum absolute atomic E-state index is 5.77. The fraction of sp³-hybridized carbons (Fsp3) is 0.167. The average Bonchev–Trinajstić information content (AvgIpc) is 3.47. The highest BCUT2D eigenvalue weighted by Gasteiger charge is 2.21. The third kappa shape index (κ3) is 2.93. The highest BCUT2D eigenvalue weighted by molar-refractivity contribution is 6.13. The number of hydrogen-bond acceptors (Lipinski definition) is 7. The number of H-pyrrole nitrogens is 2. The third-order valence-corrected chi connectivity index (χ3v) is 5.89. The summed E-state index contributed by atoms with van der Waals surface area (Å²) in [4.78, 5) is 12.8. The van der Waals surface area contributed by atoms with E-state index in [1.165, 1.54) is 0 Å². The topological polar surface area (TPSA) is 118 Å². The van der Waals surface area contributed by atoms with Crippen molar-refractivity contribution < 1.29 is 9.26 Å². The second-order valence-electron chi connectivity index (χ2n) is 8.01. The van der Waals surface area contributed by atoms with Crippen LogP contribution in [-0.4, -0.2) is 37.4 Å². The number of nitrogens with one attached hydrogen (secondary N) is 3. The van der Waals surface area contributed by atoms with E-state index in [9.17, 15) is 0 Å². The van der Waals surface area contributed by atoms with Crippen molar-refractivity contribution in [2.75, 3.05) is 12.4 Å². The Morgan fingerprint density at radius 1 is 0.970 bits per heavy atom. The lowest BCUT2D eigenvalue weighted by molar-refractivity contribution is 0.393. The Morgan fingerprint density at radius 2 is 1.82 bits per heavy atom. The lowest BCUT2D eigenvalue weighted by Gasteiger charge is -2.10. The molecule has 0 spiro atoms. The van der Waals surface area contributed by atoms with Crippen LogP contribution in [0.5, 0.6) is 5.75 Å². The Morgan fingerprint density at radius 3 is 2.61 bits per heavy atom. The van der Waals surface area contributed by atoms with Gasteiger partial charge in [0.2, 0.25) is 0 Å². The number of anilines is 2. The fourth-order valence-electron chi connectivity index (χ4n) is 4.43. The van der Waals surface area contributed by atoms with E-state index in [1.54, 1.807) is 7.11 Å². The van der Waals surface area contributed by atoms with Gasteiger partial charge in [-0.25, -0.2) is 9.97 Å². The van der Waals surface area contributed by atoms with Crippen LogP contribution in [0.4, 0.5) is 11.6 Å². The number of ether oxygens (including phenoxy) is 1. The van der Waals surface area contributed by atoms with Crippen molar-refractivity contribution in [3.8, 4) is 16.9 Å². The van der Waals surface area contributed by atoms with Gasteiger partial charge >= 0.3 is 0 Å². The van der Waals surface area contributed by atoms with Gasteiger partial charge in [-0.05, 0) is 45.0 Å². The quantitative estimate of drug-likeness (QED) is 0.340. The van der Waals surface area contributed by atoms with Crippen molar-refractivity contribution in [1.82, 2.24) is 30.3 Å². The molecule has 164 valence electrons. The molecular formula is C24H21N7O2. The fourth-order valence-corrected chi connectivity index (χ4v) is 4.43. The van der Waals surface area contributed by atoms with Crippen molar-refractivity contribution in [3.63, 3.8) is 0 Å². The van der Waals surface area contributed by atoms with Crippen LogP contribution >= 0.6 is 0 Å². The van der Waals surface area contributed by atoms with Gasteiger partial charge in [0.25, 0.3) is 0 Å².